The van der Waals surface area contributed by atoms with Crippen molar-refractivity contribution >= 4 is 34.5 Å². The van der Waals surface area contributed by atoms with E-state index in [1.54, 1.807) is 17.5 Å². The van der Waals surface area contributed by atoms with Crippen molar-refractivity contribution in [3.63, 3.8) is 0 Å². The molecule has 4 aromatic rings. The first kappa shape index (κ1) is 22.0. The highest BCUT2D eigenvalue weighted by atomic mass is 32.1. The van der Waals surface area contributed by atoms with Gasteiger partial charge in [0.05, 0.1) is 19.2 Å². The normalized spacial score (nSPS) is 14.6. The topological polar surface area (TPSA) is 94.3 Å². The summed E-state index contributed by atoms with van der Waals surface area (Å²) in [6.07, 6.45) is 1.84. The third kappa shape index (κ3) is 3.88. The number of pyridine rings is 1. The fourth-order valence-corrected chi connectivity index (χ4v) is 5.28. The zero-order chi connectivity index (χ0) is 23.8. The number of rotatable bonds is 5. The largest absolute Gasteiger partial charge is 0.469 e. The fraction of sp³-hybridized carbons (Fsp3) is 0.240. The standard InChI is InChI=1S/C25H24N6O2S/c1-14-15(2)34-25-22(14)23(17-8-10-18(11-9-17)27-20-7-5-6-12-26-20)28-19(13-21(32)33-4)24-30-29-16(3)31(24)25/h5-12,19H,13H2,1-4H3,(H,26,27)/t19-/m0/s1. The Bertz CT molecular complexity index is 1390. The van der Waals surface area contributed by atoms with Gasteiger partial charge in [-0.25, -0.2) is 4.98 Å². The van der Waals surface area contributed by atoms with Crippen LogP contribution in [0.25, 0.3) is 5.00 Å². The van der Waals surface area contributed by atoms with E-state index in [0.29, 0.717) is 5.82 Å². The minimum absolute atomic E-state index is 0.0877. The lowest BCUT2D eigenvalue weighted by atomic mass is 9.99. The Morgan fingerprint density at radius 2 is 1.91 bits per heavy atom. The van der Waals surface area contributed by atoms with Gasteiger partial charge in [-0.1, -0.05) is 18.2 Å². The molecule has 1 atom stereocenters. The van der Waals surface area contributed by atoms with Crippen LogP contribution in [0.5, 0.6) is 0 Å². The van der Waals surface area contributed by atoms with E-state index in [2.05, 4.69) is 34.3 Å². The number of methoxy groups -OCH3 is 1. The van der Waals surface area contributed by atoms with Gasteiger partial charge in [-0.15, -0.1) is 21.5 Å². The Balaban J connectivity index is 1.62. The SMILES string of the molecule is COC(=O)C[C@@H]1N=C(c2ccc(Nc3ccccn3)cc2)c2c(sc(C)c2C)-n2c(C)nnc21. The molecule has 0 saturated carbocycles. The second-order valence-electron chi connectivity index (χ2n) is 8.10. The number of carbonyl (C=O) groups excluding carboxylic acids is 1. The Hall–Kier alpha value is -3.85. The number of aryl methyl sites for hydroxylation is 2. The summed E-state index contributed by atoms with van der Waals surface area (Å²) < 4.78 is 6.98. The number of benzene rings is 1. The van der Waals surface area contributed by atoms with E-state index in [1.165, 1.54) is 12.0 Å². The zero-order valence-corrected chi connectivity index (χ0v) is 20.2. The van der Waals surface area contributed by atoms with E-state index in [9.17, 15) is 4.79 Å². The molecule has 3 aromatic heterocycles. The summed E-state index contributed by atoms with van der Waals surface area (Å²) in [7, 11) is 1.39. The van der Waals surface area contributed by atoms with Gasteiger partial charge in [-0.05, 0) is 50.6 Å². The van der Waals surface area contributed by atoms with Crippen molar-refractivity contribution in [2.45, 2.75) is 33.2 Å². The minimum atomic E-state index is -0.505. The van der Waals surface area contributed by atoms with Crippen LogP contribution in [0.2, 0.25) is 0 Å². The van der Waals surface area contributed by atoms with Crippen molar-refractivity contribution in [2.75, 3.05) is 12.4 Å². The summed E-state index contributed by atoms with van der Waals surface area (Å²) in [4.78, 5) is 22.9. The van der Waals surface area contributed by atoms with Crippen molar-refractivity contribution < 1.29 is 9.53 Å². The number of aliphatic imine (C=N–C) groups is 1. The summed E-state index contributed by atoms with van der Waals surface area (Å²) in [5.74, 6) is 1.85. The van der Waals surface area contributed by atoms with Gasteiger partial charge in [0, 0.05) is 27.9 Å². The molecule has 0 fully saturated rings. The summed E-state index contributed by atoms with van der Waals surface area (Å²) >= 11 is 1.69. The molecule has 0 bridgehead atoms. The zero-order valence-electron chi connectivity index (χ0n) is 19.4. The summed E-state index contributed by atoms with van der Waals surface area (Å²) in [5, 5.41) is 13.0. The lowest BCUT2D eigenvalue weighted by Gasteiger charge is -2.12. The maximum absolute atomic E-state index is 12.2. The Kier molecular flexibility index (Phi) is 5.70. The molecule has 1 aliphatic rings. The highest BCUT2D eigenvalue weighted by Gasteiger charge is 2.32. The number of carbonyl (C=O) groups is 1. The molecule has 1 N–H and O–H groups in total. The Labute approximate surface area is 201 Å². The van der Waals surface area contributed by atoms with Crippen LogP contribution in [0.4, 0.5) is 11.5 Å². The van der Waals surface area contributed by atoms with E-state index in [1.807, 2.05) is 54.0 Å². The fourth-order valence-electron chi connectivity index (χ4n) is 4.06. The number of aromatic nitrogens is 4. The van der Waals surface area contributed by atoms with E-state index < -0.39 is 6.04 Å². The van der Waals surface area contributed by atoms with Gasteiger partial charge in [0.1, 0.15) is 22.7 Å². The van der Waals surface area contributed by atoms with Crippen molar-refractivity contribution in [3.8, 4) is 5.00 Å². The molecule has 4 heterocycles. The lowest BCUT2D eigenvalue weighted by molar-refractivity contribution is -0.141. The van der Waals surface area contributed by atoms with Crippen LogP contribution in [0, 0.1) is 20.8 Å². The highest BCUT2D eigenvalue weighted by molar-refractivity contribution is 7.15. The first-order valence-electron chi connectivity index (χ1n) is 10.9. The molecule has 0 amide bonds. The van der Waals surface area contributed by atoms with Crippen LogP contribution in [-0.2, 0) is 9.53 Å². The molecule has 0 radical (unpaired) electrons. The predicted octanol–water partition coefficient (Wildman–Crippen LogP) is 4.85. The van der Waals surface area contributed by atoms with Crippen molar-refractivity contribution in [1.82, 2.24) is 19.7 Å². The Morgan fingerprint density at radius 1 is 1.12 bits per heavy atom. The molecule has 0 spiro atoms. The monoisotopic (exact) mass is 472 g/mol. The highest BCUT2D eigenvalue weighted by Crippen LogP contribution is 2.39. The number of hydrogen-bond donors (Lipinski definition) is 1. The maximum atomic E-state index is 12.2. The van der Waals surface area contributed by atoms with Crippen LogP contribution in [0.3, 0.4) is 0 Å². The second kappa shape index (κ2) is 8.83. The molecule has 1 aliphatic heterocycles. The average molecular weight is 473 g/mol. The molecule has 0 aliphatic carbocycles. The van der Waals surface area contributed by atoms with Gasteiger partial charge in [0.25, 0.3) is 0 Å². The number of thiophene rings is 1. The van der Waals surface area contributed by atoms with Crippen molar-refractivity contribution in [3.05, 3.63) is 81.9 Å². The molecular formula is C25H24N6O2S. The Morgan fingerprint density at radius 3 is 2.62 bits per heavy atom. The smallest absolute Gasteiger partial charge is 0.308 e. The molecule has 34 heavy (non-hydrogen) atoms. The second-order valence-corrected chi connectivity index (χ2v) is 9.30. The van der Waals surface area contributed by atoms with Crippen molar-refractivity contribution in [2.24, 2.45) is 4.99 Å². The van der Waals surface area contributed by atoms with Crippen molar-refractivity contribution in [1.29, 1.82) is 0 Å². The number of nitrogens with one attached hydrogen (secondary N) is 1. The molecular weight excluding hydrogens is 448 g/mol. The summed E-state index contributed by atoms with van der Waals surface area (Å²) in [6.45, 7) is 6.14. The number of ether oxygens (including phenoxy) is 1. The van der Waals surface area contributed by atoms with Gasteiger partial charge < -0.3 is 10.1 Å². The van der Waals surface area contributed by atoms with Gasteiger partial charge in [0.2, 0.25) is 0 Å². The van der Waals surface area contributed by atoms with Crippen LogP contribution in [-0.4, -0.2) is 38.5 Å². The van der Waals surface area contributed by atoms with Gasteiger partial charge in [-0.2, -0.15) is 0 Å². The minimum Gasteiger partial charge on any atom is -0.469 e. The third-order valence-corrected chi connectivity index (χ3v) is 7.12. The van der Waals surface area contributed by atoms with Crippen LogP contribution >= 0.6 is 11.3 Å². The third-order valence-electron chi connectivity index (χ3n) is 5.92. The molecule has 8 nitrogen and oxygen atoms in total. The number of fused-ring (bicyclic) bond motifs is 3. The van der Waals surface area contributed by atoms with Gasteiger partial charge in [0.15, 0.2) is 5.82 Å². The maximum Gasteiger partial charge on any atom is 0.308 e. The molecule has 9 heteroatoms. The number of anilines is 2. The number of nitrogens with zero attached hydrogens (tertiary/aromatic N) is 5. The lowest BCUT2D eigenvalue weighted by Crippen LogP contribution is -2.12. The molecule has 0 saturated heterocycles. The quantitative estimate of drug-likeness (QED) is 0.418. The molecule has 172 valence electrons. The van der Waals surface area contributed by atoms with E-state index in [-0.39, 0.29) is 12.4 Å². The average Bonchev–Trinajstić information content (AvgIpc) is 3.32. The van der Waals surface area contributed by atoms with Crippen LogP contribution in [0.1, 0.15) is 45.7 Å². The predicted molar refractivity (Wildman–Crippen MR) is 132 cm³/mol. The summed E-state index contributed by atoms with van der Waals surface area (Å²) in [6, 6.07) is 13.3. The molecule has 1 aromatic carbocycles. The summed E-state index contributed by atoms with van der Waals surface area (Å²) in [5.41, 5.74) is 4.92. The molecule has 5 rings (SSSR count). The van der Waals surface area contributed by atoms with Gasteiger partial charge >= 0.3 is 5.97 Å². The number of esters is 1. The van der Waals surface area contributed by atoms with Gasteiger partial charge in [-0.3, -0.25) is 14.4 Å². The van der Waals surface area contributed by atoms with E-state index in [0.717, 1.165) is 44.7 Å². The first-order valence-corrected chi connectivity index (χ1v) is 11.7. The number of hydrogen-bond acceptors (Lipinski definition) is 8. The van der Waals surface area contributed by atoms with Crippen LogP contribution in [0.15, 0.2) is 53.7 Å². The molecule has 0 unspecified atom stereocenters. The van der Waals surface area contributed by atoms with E-state index >= 15 is 0 Å². The van der Waals surface area contributed by atoms with Crippen LogP contribution < -0.4 is 5.32 Å². The van der Waals surface area contributed by atoms with E-state index in [4.69, 9.17) is 9.73 Å². The first-order chi connectivity index (χ1) is 16.5.